The molecule has 3 atom stereocenters. The zero-order chi connectivity index (χ0) is 23.3. The topological polar surface area (TPSA) is 124 Å². The minimum atomic E-state index is -2.52. The average Bonchev–Trinajstić information content (AvgIpc) is 3.50. The van der Waals surface area contributed by atoms with Crippen LogP contribution < -0.4 is 10.6 Å². The van der Waals surface area contributed by atoms with Crippen molar-refractivity contribution in [3.05, 3.63) is 30.4 Å². The lowest BCUT2D eigenvalue weighted by Crippen LogP contribution is -2.38. The number of anilines is 2. The smallest absolute Gasteiger partial charge is 0.251 e. The molecule has 32 heavy (non-hydrogen) atoms. The number of amides is 1. The molecule has 2 aromatic rings. The molecule has 1 fully saturated rings. The van der Waals surface area contributed by atoms with E-state index in [0.29, 0.717) is 29.3 Å². The fraction of sp³-hybridized carbons (Fsp3) is 0.429. The van der Waals surface area contributed by atoms with Crippen LogP contribution in [0.3, 0.4) is 0 Å². The van der Waals surface area contributed by atoms with E-state index in [2.05, 4.69) is 25.6 Å². The van der Waals surface area contributed by atoms with Gasteiger partial charge in [-0.2, -0.15) is 5.26 Å². The molecule has 9 nitrogen and oxygen atoms in total. The number of nitriles is 1. The third kappa shape index (κ3) is 6.01. The fourth-order valence-electron chi connectivity index (χ4n) is 3.22. The maximum Gasteiger partial charge on any atom is 0.251 e. The van der Waals surface area contributed by atoms with Crippen molar-refractivity contribution in [2.45, 2.75) is 25.8 Å². The number of alkyl halides is 2. The molecule has 1 unspecified atom stereocenters. The first-order valence-corrected chi connectivity index (χ1v) is 10.0. The van der Waals surface area contributed by atoms with Gasteiger partial charge in [-0.1, -0.05) is 6.92 Å². The van der Waals surface area contributed by atoms with Gasteiger partial charge in [-0.3, -0.25) is 14.7 Å². The molecule has 2 heterocycles. The van der Waals surface area contributed by atoms with Gasteiger partial charge in [-0.05, 0) is 25.5 Å². The van der Waals surface area contributed by atoms with Gasteiger partial charge in [0, 0.05) is 24.2 Å². The van der Waals surface area contributed by atoms with Crippen LogP contribution in [-0.4, -0.2) is 64.6 Å². The number of hydrogen-bond donors (Lipinski definition) is 2. The lowest BCUT2D eigenvalue weighted by Gasteiger charge is -2.22. The summed E-state index contributed by atoms with van der Waals surface area (Å²) in [7, 11) is 1.48. The van der Waals surface area contributed by atoms with Crippen LogP contribution in [0.25, 0.3) is 11.3 Å². The molecule has 1 amide bonds. The van der Waals surface area contributed by atoms with E-state index in [1.54, 1.807) is 6.07 Å². The van der Waals surface area contributed by atoms with Gasteiger partial charge in [0.2, 0.25) is 5.91 Å². The molecule has 1 aliphatic carbocycles. The molecule has 0 aromatic carbocycles. The van der Waals surface area contributed by atoms with Crippen LogP contribution in [0.5, 0.6) is 0 Å². The number of hydrogen-bond acceptors (Lipinski definition) is 8. The first-order valence-electron chi connectivity index (χ1n) is 10.0. The molecule has 0 spiro atoms. The largest absolute Gasteiger partial charge is 0.372 e. The van der Waals surface area contributed by atoms with Gasteiger partial charge >= 0.3 is 0 Å². The third-order valence-electron chi connectivity index (χ3n) is 5.10. The standard InChI is InChI=1S/C21H23F2N7O2/c1-12-3-15(12)21(32)29-20-8-26-18(7-27-20)13-4-16(17(5-24)25-6-13)28-14(11-31)9-30(2)10-19(22)23/h4,6-8,11-12,14-15,19,28H,3,9-10H2,1-2H3,(H,27,29,32)/t12?,14-,15-/m0/s1. The Hall–Kier alpha value is -3.52. The first kappa shape index (κ1) is 23.1. The number of aromatic nitrogens is 3. The third-order valence-corrected chi connectivity index (χ3v) is 5.10. The SMILES string of the molecule is CC1C[C@@H]1C(=O)Nc1cnc(-c2cnc(C#N)c(N[C@H](C=O)CN(C)CC(F)F)c2)cn1. The van der Waals surface area contributed by atoms with Crippen molar-refractivity contribution in [3.63, 3.8) is 0 Å². The summed E-state index contributed by atoms with van der Waals surface area (Å²) in [5.74, 6) is 0.644. The van der Waals surface area contributed by atoms with Crippen LogP contribution >= 0.6 is 0 Å². The Bertz CT molecular complexity index is 1010. The van der Waals surface area contributed by atoms with Gasteiger partial charge in [0.05, 0.1) is 36.4 Å². The number of carbonyl (C=O) groups is 2. The zero-order valence-electron chi connectivity index (χ0n) is 17.6. The average molecular weight is 443 g/mol. The van der Waals surface area contributed by atoms with E-state index in [0.717, 1.165) is 6.42 Å². The van der Waals surface area contributed by atoms with Crippen LogP contribution in [0, 0.1) is 23.2 Å². The summed E-state index contributed by atoms with van der Waals surface area (Å²) in [4.78, 5) is 37.4. The molecule has 0 aliphatic heterocycles. The van der Waals surface area contributed by atoms with Crippen molar-refractivity contribution in [1.82, 2.24) is 19.9 Å². The molecule has 2 aromatic heterocycles. The van der Waals surface area contributed by atoms with E-state index in [-0.39, 0.29) is 29.8 Å². The molecule has 1 aliphatic rings. The summed E-state index contributed by atoms with van der Waals surface area (Å²) < 4.78 is 25.1. The number of carbonyl (C=O) groups excluding carboxylic acids is 2. The lowest BCUT2D eigenvalue weighted by atomic mass is 10.1. The van der Waals surface area contributed by atoms with Crippen LogP contribution in [0.1, 0.15) is 19.0 Å². The van der Waals surface area contributed by atoms with Gasteiger partial charge in [0.15, 0.2) is 11.5 Å². The highest BCUT2D eigenvalue weighted by molar-refractivity contribution is 5.93. The Morgan fingerprint density at radius 3 is 2.62 bits per heavy atom. The monoisotopic (exact) mass is 443 g/mol. The van der Waals surface area contributed by atoms with E-state index in [9.17, 15) is 23.6 Å². The van der Waals surface area contributed by atoms with Gasteiger partial charge in [0.1, 0.15) is 12.4 Å². The minimum absolute atomic E-state index is 0.0124. The highest BCUT2D eigenvalue weighted by Gasteiger charge is 2.39. The highest BCUT2D eigenvalue weighted by Crippen LogP contribution is 2.38. The minimum Gasteiger partial charge on any atom is -0.372 e. The van der Waals surface area contributed by atoms with Crippen molar-refractivity contribution in [2.75, 3.05) is 30.8 Å². The molecule has 2 N–H and O–H groups in total. The Morgan fingerprint density at radius 2 is 2.06 bits per heavy atom. The van der Waals surface area contributed by atoms with Gasteiger partial charge < -0.3 is 15.4 Å². The summed E-state index contributed by atoms with van der Waals surface area (Å²) in [5.41, 5.74) is 1.29. The second kappa shape index (κ2) is 10.2. The van der Waals surface area contributed by atoms with Crippen LogP contribution in [0.15, 0.2) is 24.7 Å². The number of pyridine rings is 1. The molecular formula is C21H23F2N7O2. The predicted octanol–water partition coefficient (Wildman–Crippen LogP) is 2.18. The number of aldehydes is 1. The van der Waals surface area contributed by atoms with Crippen LogP contribution in [0.2, 0.25) is 0 Å². The number of nitrogens with one attached hydrogen (secondary N) is 2. The summed E-state index contributed by atoms with van der Waals surface area (Å²) in [5, 5.41) is 14.9. The number of rotatable bonds is 10. The molecule has 0 bridgehead atoms. The molecule has 11 heteroatoms. The van der Waals surface area contributed by atoms with E-state index >= 15 is 0 Å². The van der Waals surface area contributed by atoms with Gasteiger partial charge in [0.25, 0.3) is 6.43 Å². The highest BCUT2D eigenvalue weighted by atomic mass is 19.3. The fourth-order valence-corrected chi connectivity index (χ4v) is 3.22. The molecular weight excluding hydrogens is 420 g/mol. The predicted molar refractivity (Wildman–Crippen MR) is 113 cm³/mol. The van der Waals surface area contributed by atoms with E-state index in [1.807, 2.05) is 13.0 Å². The molecule has 3 rings (SSSR count). The maximum absolute atomic E-state index is 12.5. The Kier molecular flexibility index (Phi) is 7.37. The zero-order valence-corrected chi connectivity index (χ0v) is 17.6. The molecule has 0 radical (unpaired) electrons. The van der Waals surface area contributed by atoms with Crippen molar-refractivity contribution < 1.29 is 18.4 Å². The van der Waals surface area contributed by atoms with E-state index in [1.165, 1.54) is 30.5 Å². The summed E-state index contributed by atoms with van der Waals surface area (Å²) >= 11 is 0. The van der Waals surface area contributed by atoms with E-state index in [4.69, 9.17) is 0 Å². The van der Waals surface area contributed by atoms with Crippen molar-refractivity contribution in [3.8, 4) is 17.3 Å². The number of likely N-dealkylation sites (N-methyl/N-ethyl adjacent to an activating group) is 1. The number of nitrogens with zero attached hydrogens (tertiary/aromatic N) is 5. The van der Waals surface area contributed by atoms with Crippen LogP contribution in [0.4, 0.5) is 20.3 Å². The van der Waals surface area contributed by atoms with Gasteiger partial charge in [-0.25, -0.2) is 18.7 Å². The summed E-state index contributed by atoms with van der Waals surface area (Å²) in [6.07, 6.45) is 3.27. The molecule has 0 saturated heterocycles. The molecule has 168 valence electrons. The van der Waals surface area contributed by atoms with Gasteiger partial charge in [-0.15, -0.1) is 0 Å². The Balaban J connectivity index is 1.73. The second-order valence-corrected chi connectivity index (χ2v) is 7.83. The molecule has 1 saturated carbocycles. The second-order valence-electron chi connectivity index (χ2n) is 7.83. The van der Waals surface area contributed by atoms with Crippen molar-refractivity contribution >= 4 is 23.7 Å². The lowest BCUT2D eigenvalue weighted by molar-refractivity contribution is -0.117. The van der Waals surface area contributed by atoms with Crippen LogP contribution in [-0.2, 0) is 9.59 Å². The first-order chi connectivity index (χ1) is 15.3. The summed E-state index contributed by atoms with van der Waals surface area (Å²) in [6, 6.07) is 2.70. The normalized spacial score (nSPS) is 18.2. The maximum atomic E-state index is 12.5. The summed E-state index contributed by atoms with van der Waals surface area (Å²) in [6.45, 7) is 1.55. The van der Waals surface area contributed by atoms with Crippen molar-refractivity contribution in [1.29, 1.82) is 5.26 Å². The number of halogens is 2. The van der Waals surface area contributed by atoms with E-state index < -0.39 is 19.0 Å². The Labute approximate surface area is 183 Å². The quantitative estimate of drug-likeness (QED) is 0.536. The Morgan fingerprint density at radius 1 is 1.31 bits per heavy atom. The van der Waals surface area contributed by atoms with Crippen molar-refractivity contribution in [2.24, 2.45) is 11.8 Å².